The Kier molecular flexibility index (Phi) is 7.21. The van der Waals surface area contributed by atoms with Crippen molar-refractivity contribution in [1.82, 2.24) is 10.2 Å². The van der Waals surface area contributed by atoms with Crippen LogP contribution in [0.3, 0.4) is 0 Å². The molecular weight excluding hydrogens is 564 g/mol. The molecule has 0 saturated carbocycles. The van der Waals surface area contributed by atoms with Gasteiger partial charge >= 0.3 is 0 Å². The van der Waals surface area contributed by atoms with Gasteiger partial charge in [-0.15, -0.1) is 11.3 Å². The van der Waals surface area contributed by atoms with Crippen molar-refractivity contribution in [3.05, 3.63) is 87.3 Å². The summed E-state index contributed by atoms with van der Waals surface area (Å²) in [5.41, 5.74) is 27.0. The second-order valence-electron chi connectivity index (χ2n) is 11.4. The third kappa shape index (κ3) is 4.74. The van der Waals surface area contributed by atoms with Crippen molar-refractivity contribution in [2.45, 2.75) is 37.4 Å². The van der Waals surface area contributed by atoms with Gasteiger partial charge in [-0.1, -0.05) is 24.3 Å². The van der Waals surface area contributed by atoms with Crippen molar-refractivity contribution in [3.63, 3.8) is 0 Å². The lowest BCUT2D eigenvalue weighted by atomic mass is 9.69. The summed E-state index contributed by atoms with van der Waals surface area (Å²) < 4.78 is 6.67. The van der Waals surface area contributed by atoms with Crippen LogP contribution in [0.25, 0.3) is 10.1 Å². The number of anilines is 1. The quantitative estimate of drug-likeness (QED) is 0.210. The Balaban J connectivity index is 1.42. The van der Waals surface area contributed by atoms with Crippen LogP contribution in [-0.4, -0.2) is 48.7 Å². The molecule has 43 heavy (non-hydrogen) atoms. The zero-order valence-corrected chi connectivity index (χ0v) is 24.8. The highest BCUT2D eigenvalue weighted by Crippen LogP contribution is 2.50. The first-order valence-corrected chi connectivity index (χ1v) is 14.9. The molecule has 10 nitrogen and oxygen atoms in total. The van der Waals surface area contributed by atoms with Gasteiger partial charge in [0, 0.05) is 29.2 Å². The Labute approximate surface area is 253 Å². The molecule has 1 aliphatic heterocycles. The van der Waals surface area contributed by atoms with E-state index in [1.165, 1.54) is 11.3 Å². The molecule has 4 aromatic rings. The normalized spacial score (nSPS) is 22.0. The summed E-state index contributed by atoms with van der Waals surface area (Å²) in [6, 6.07) is 14.2. The maximum Gasteiger partial charge on any atom is 0.262 e. The van der Waals surface area contributed by atoms with Crippen molar-refractivity contribution >= 4 is 44.7 Å². The number of thiophene rings is 1. The van der Waals surface area contributed by atoms with Crippen LogP contribution in [0.5, 0.6) is 11.5 Å². The maximum atomic E-state index is 14.2. The molecule has 9 N–H and O–H groups in total. The van der Waals surface area contributed by atoms with Gasteiger partial charge in [0.1, 0.15) is 17.0 Å². The van der Waals surface area contributed by atoms with E-state index in [1.54, 1.807) is 54.6 Å². The van der Waals surface area contributed by atoms with E-state index in [0.29, 0.717) is 54.4 Å². The summed E-state index contributed by atoms with van der Waals surface area (Å²) in [6.45, 7) is 3.57. The van der Waals surface area contributed by atoms with Gasteiger partial charge in [-0.3, -0.25) is 14.4 Å². The summed E-state index contributed by atoms with van der Waals surface area (Å²) >= 11 is 1.24. The molecule has 6 rings (SSSR count). The summed E-state index contributed by atoms with van der Waals surface area (Å²) in [5, 5.41) is 3.80. The lowest BCUT2D eigenvalue weighted by molar-refractivity contribution is -0.124. The van der Waals surface area contributed by atoms with E-state index in [2.05, 4.69) is 10.2 Å². The molecule has 222 valence electrons. The molecular formula is C32H34N6O4S. The minimum Gasteiger partial charge on any atom is -0.457 e. The molecule has 2 amide bonds. The van der Waals surface area contributed by atoms with Gasteiger partial charge in [0.05, 0.1) is 21.2 Å². The number of Topliss-reactive ketones (excluding diaryl/α,β-unsaturated/α-hetero) is 1. The first-order chi connectivity index (χ1) is 20.5. The highest BCUT2D eigenvalue weighted by Gasteiger charge is 2.49. The fraction of sp³-hybridized carbons (Fsp3) is 0.281. The van der Waals surface area contributed by atoms with Gasteiger partial charge in [0.2, 0.25) is 0 Å². The van der Waals surface area contributed by atoms with Crippen molar-refractivity contribution in [2.24, 2.45) is 17.2 Å². The Morgan fingerprint density at radius 3 is 2.58 bits per heavy atom. The summed E-state index contributed by atoms with van der Waals surface area (Å²) in [7, 11) is 2.03. The monoisotopic (exact) mass is 598 g/mol. The average Bonchev–Trinajstić information content (AvgIpc) is 3.38. The number of nitrogens with two attached hydrogens (primary N) is 4. The van der Waals surface area contributed by atoms with Gasteiger partial charge < -0.3 is 37.9 Å². The van der Waals surface area contributed by atoms with Crippen LogP contribution in [-0.2, 0) is 10.3 Å². The highest BCUT2D eigenvalue weighted by molar-refractivity contribution is 7.21. The zero-order chi connectivity index (χ0) is 30.6. The van der Waals surface area contributed by atoms with Crippen molar-refractivity contribution < 1.29 is 19.1 Å². The van der Waals surface area contributed by atoms with E-state index < -0.39 is 23.3 Å². The summed E-state index contributed by atoms with van der Waals surface area (Å²) in [5.74, 6) is -0.536. The van der Waals surface area contributed by atoms with Crippen LogP contribution in [0, 0.1) is 6.92 Å². The number of benzene rings is 3. The zero-order valence-electron chi connectivity index (χ0n) is 24.0. The molecule has 0 bridgehead atoms. The number of hydrogen-bond acceptors (Lipinski definition) is 9. The smallest absolute Gasteiger partial charge is 0.262 e. The van der Waals surface area contributed by atoms with E-state index in [4.69, 9.17) is 27.7 Å². The molecule has 0 radical (unpaired) electrons. The van der Waals surface area contributed by atoms with Crippen LogP contribution in [0.4, 0.5) is 5.69 Å². The van der Waals surface area contributed by atoms with Gasteiger partial charge in [-0.2, -0.15) is 0 Å². The maximum absolute atomic E-state index is 14.2. The minimum absolute atomic E-state index is 0.00270. The number of hydrogen-bond donors (Lipinski definition) is 5. The molecule has 1 saturated heterocycles. The topological polar surface area (TPSA) is 180 Å². The number of nitrogens with zero attached hydrogens (tertiary/aromatic N) is 1. The summed E-state index contributed by atoms with van der Waals surface area (Å²) in [6.07, 6.45) is 1.88. The minimum atomic E-state index is -1.60. The number of nitrogens with one attached hydrogen (secondary N) is 1. The van der Waals surface area contributed by atoms with Crippen LogP contribution >= 0.6 is 11.3 Å². The van der Waals surface area contributed by atoms with Gasteiger partial charge in [-0.05, 0) is 80.4 Å². The molecule has 2 heterocycles. The number of rotatable bonds is 6. The van der Waals surface area contributed by atoms with E-state index in [-0.39, 0.29) is 17.5 Å². The van der Waals surface area contributed by atoms with Gasteiger partial charge in [0.15, 0.2) is 5.78 Å². The number of ether oxygens (including phenoxy) is 1. The van der Waals surface area contributed by atoms with Crippen molar-refractivity contribution in [3.8, 4) is 11.5 Å². The third-order valence-corrected chi connectivity index (χ3v) is 9.74. The first kappa shape index (κ1) is 28.8. The van der Waals surface area contributed by atoms with Crippen LogP contribution in [0.2, 0.25) is 0 Å². The molecule has 3 unspecified atom stereocenters. The molecule has 1 aromatic heterocycles. The molecule has 11 heteroatoms. The van der Waals surface area contributed by atoms with E-state index in [0.717, 1.165) is 25.9 Å². The number of carbonyl (C=O) groups is 3. The second kappa shape index (κ2) is 10.8. The molecule has 1 fully saturated rings. The number of ketones is 1. The predicted octanol–water partition coefficient (Wildman–Crippen LogP) is 3.29. The Bertz CT molecular complexity index is 1800. The number of nitrogen functional groups attached to an aromatic ring is 1. The van der Waals surface area contributed by atoms with Crippen LogP contribution in [0.1, 0.15) is 61.2 Å². The van der Waals surface area contributed by atoms with Gasteiger partial charge in [-0.25, -0.2) is 0 Å². The lowest BCUT2D eigenvalue weighted by Gasteiger charge is -2.37. The number of amides is 2. The van der Waals surface area contributed by atoms with E-state index in [1.807, 2.05) is 14.0 Å². The highest BCUT2D eigenvalue weighted by atomic mass is 32.1. The molecule has 2 aliphatic rings. The number of likely N-dealkylation sites (tertiary alicyclic amines) is 1. The van der Waals surface area contributed by atoms with Crippen molar-refractivity contribution in [1.29, 1.82) is 0 Å². The molecule has 1 aliphatic carbocycles. The SMILES string of the molecule is Cc1cc(Oc2ccccc2C(N)=O)ccc1C1(N)C(=O)C(N)c2c(C(=O)NC3CCCN(C)C3)sc3c(N)ccc1c23. The molecule has 3 atom stereocenters. The number of para-hydroxylation sites is 1. The molecule has 3 aromatic carbocycles. The van der Waals surface area contributed by atoms with Crippen molar-refractivity contribution in [2.75, 3.05) is 25.9 Å². The third-order valence-electron chi connectivity index (χ3n) is 8.48. The number of carbonyl (C=O) groups excluding carboxylic acids is 3. The van der Waals surface area contributed by atoms with Crippen LogP contribution in [0.15, 0.2) is 54.6 Å². The molecule has 0 spiro atoms. The fourth-order valence-corrected chi connectivity index (χ4v) is 7.59. The first-order valence-electron chi connectivity index (χ1n) is 14.1. The Hall–Kier alpha value is -4.29. The largest absolute Gasteiger partial charge is 0.457 e. The second-order valence-corrected chi connectivity index (χ2v) is 12.4. The Morgan fingerprint density at radius 2 is 1.86 bits per heavy atom. The average molecular weight is 599 g/mol. The summed E-state index contributed by atoms with van der Waals surface area (Å²) in [4.78, 5) is 42.2. The van der Waals surface area contributed by atoms with Gasteiger partial charge in [0.25, 0.3) is 11.8 Å². The number of primary amides is 1. The predicted molar refractivity (Wildman–Crippen MR) is 167 cm³/mol. The van der Waals surface area contributed by atoms with E-state index >= 15 is 0 Å². The number of aryl methyl sites for hydroxylation is 1. The lowest BCUT2D eigenvalue weighted by Crippen LogP contribution is -2.53. The number of likely N-dealkylation sites (N-methyl/N-ethyl adjacent to an activating group) is 1. The van der Waals surface area contributed by atoms with E-state index in [9.17, 15) is 14.4 Å². The van der Waals surface area contributed by atoms with Crippen LogP contribution < -0.4 is 33.0 Å². The number of piperidine rings is 1. The Morgan fingerprint density at radius 1 is 1.12 bits per heavy atom. The fourth-order valence-electron chi connectivity index (χ4n) is 6.39. The standard InChI is InChI=1S/C32H34N6O4S/c1-16-14-18(42-23-8-4-3-7-19(23)30(35)40)9-10-20(16)32(36)21-11-12-22(33)27-24(21)25(26(34)29(32)39)28(43-27)31(41)37-17-6-5-13-38(2)15-17/h3-4,7-12,14,17,26H,5-6,13,15,33-34,36H2,1-2H3,(H2,35,40)(H,37,41).